The standard InChI is InChI=1S/C23H22N4O3S/c1-16-20(12-13-29-16)22-25-26-23(27(22)2)31-15-21(28)24-18-8-10-19(11-9-18)30-14-17-6-4-3-5-7-17/h3-13H,14-15H2,1-2H3,(H,24,28). The Hall–Kier alpha value is -3.52. The second-order valence-electron chi connectivity index (χ2n) is 6.89. The fourth-order valence-electron chi connectivity index (χ4n) is 2.99. The van der Waals surface area contributed by atoms with Crippen LogP contribution in [0.2, 0.25) is 0 Å². The van der Waals surface area contributed by atoms with Gasteiger partial charge in [0.15, 0.2) is 11.0 Å². The lowest BCUT2D eigenvalue weighted by atomic mass is 10.2. The Labute approximate surface area is 184 Å². The maximum absolute atomic E-state index is 12.3. The van der Waals surface area contributed by atoms with E-state index in [-0.39, 0.29) is 11.7 Å². The van der Waals surface area contributed by atoms with E-state index in [1.807, 2.05) is 79.2 Å². The summed E-state index contributed by atoms with van der Waals surface area (Å²) in [5, 5.41) is 12.0. The van der Waals surface area contributed by atoms with Gasteiger partial charge in [-0.2, -0.15) is 0 Å². The zero-order valence-corrected chi connectivity index (χ0v) is 18.1. The first-order chi connectivity index (χ1) is 15.1. The molecular weight excluding hydrogens is 412 g/mol. The molecule has 1 N–H and O–H groups in total. The number of nitrogens with one attached hydrogen (secondary N) is 1. The largest absolute Gasteiger partial charge is 0.489 e. The van der Waals surface area contributed by atoms with Gasteiger partial charge in [-0.3, -0.25) is 4.79 Å². The minimum atomic E-state index is -0.119. The molecule has 8 heteroatoms. The molecule has 2 heterocycles. The molecule has 1 amide bonds. The van der Waals surface area contributed by atoms with E-state index in [4.69, 9.17) is 9.15 Å². The molecule has 2 aromatic carbocycles. The SMILES string of the molecule is Cc1occc1-c1nnc(SCC(=O)Nc2ccc(OCc3ccccc3)cc2)n1C. The summed E-state index contributed by atoms with van der Waals surface area (Å²) < 4.78 is 13.0. The number of carbonyl (C=O) groups excluding carboxylic acids is 1. The first kappa shape index (κ1) is 20.7. The van der Waals surface area contributed by atoms with Crippen molar-refractivity contribution >= 4 is 23.4 Å². The van der Waals surface area contributed by atoms with Gasteiger partial charge in [0.25, 0.3) is 0 Å². The quantitative estimate of drug-likeness (QED) is 0.405. The molecule has 0 aliphatic heterocycles. The summed E-state index contributed by atoms with van der Waals surface area (Å²) in [5.74, 6) is 2.34. The molecule has 0 aliphatic carbocycles. The number of nitrogens with zero attached hydrogens (tertiary/aromatic N) is 3. The molecule has 0 unspecified atom stereocenters. The van der Waals surface area contributed by atoms with E-state index in [1.165, 1.54) is 11.8 Å². The number of hydrogen-bond acceptors (Lipinski definition) is 6. The predicted octanol–water partition coefficient (Wildman–Crippen LogP) is 4.69. The summed E-state index contributed by atoms with van der Waals surface area (Å²) >= 11 is 1.33. The summed E-state index contributed by atoms with van der Waals surface area (Å²) in [4.78, 5) is 12.3. The van der Waals surface area contributed by atoms with Crippen molar-refractivity contribution in [1.82, 2.24) is 14.8 Å². The molecule has 0 bridgehead atoms. The lowest BCUT2D eigenvalue weighted by Crippen LogP contribution is -2.14. The maximum Gasteiger partial charge on any atom is 0.234 e. The van der Waals surface area contributed by atoms with Crippen molar-refractivity contribution in [3.63, 3.8) is 0 Å². The number of thioether (sulfide) groups is 1. The number of rotatable bonds is 8. The molecule has 158 valence electrons. The van der Waals surface area contributed by atoms with Gasteiger partial charge in [-0.05, 0) is 42.8 Å². The van der Waals surface area contributed by atoms with E-state index in [9.17, 15) is 4.79 Å². The second-order valence-corrected chi connectivity index (χ2v) is 7.83. The number of hydrogen-bond donors (Lipinski definition) is 1. The highest BCUT2D eigenvalue weighted by Crippen LogP contribution is 2.26. The molecule has 4 rings (SSSR count). The highest BCUT2D eigenvalue weighted by Gasteiger charge is 2.15. The third kappa shape index (κ3) is 5.16. The van der Waals surface area contributed by atoms with Crippen molar-refractivity contribution in [1.29, 1.82) is 0 Å². The molecule has 7 nitrogen and oxygen atoms in total. The van der Waals surface area contributed by atoms with Crippen molar-refractivity contribution in [2.75, 3.05) is 11.1 Å². The number of anilines is 1. The molecular formula is C23H22N4O3S. The van der Waals surface area contributed by atoms with Crippen LogP contribution in [0.1, 0.15) is 11.3 Å². The fraction of sp³-hybridized carbons (Fsp3) is 0.174. The van der Waals surface area contributed by atoms with Crippen LogP contribution in [0.15, 0.2) is 76.5 Å². The van der Waals surface area contributed by atoms with Crippen LogP contribution in [0.25, 0.3) is 11.4 Å². The minimum Gasteiger partial charge on any atom is -0.489 e. The molecule has 0 saturated heterocycles. The van der Waals surface area contributed by atoms with Gasteiger partial charge in [0.1, 0.15) is 18.1 Å². The number of amides is 1. The Morgan fingerprint density at radius 2 is 1.87 bits per heavy atom. The monoisotopic (exact) mass is 434 g/mol. The zero-order chi connectivity index (χ0) is 21.6. The van der Waals surface area contributed by atoms with Crippen molar-refractivity contribution < 1.29 is 13.9 Å². The van der Waals surface area contributed by atoms with Crippen LogP contribution in [0, 0.1) is 6.92 Å². The van der Waals surface area contributed by atoms with E-state index in [2.05, 4.69) is 15.5 Å². The van der Waals surface area contributed by atoms with E-state index >= 15 is 0 Å². The summed E-state index contributed by atoms with van der Waals surface area (Å²) in [7, 11) is 1.87. The average Bonchev–Trinajstić information content (AvgIpc) is 3.37. The molecule has 0 spiro atoms. The van der Waals surface area contributed by atoms with Crippen LogP contribution in [-0.4, -0.2) is 26.4 Å². The molecule has 0 atom stereocenters. The van der Waals surface area contributed by atoms with Crippen LogP contribution >= 0.6 is 11.8 Å². The molecule has 0 aliphatic rings. The highest BCUT2D eigenvalue weighted by atomic mass is 32.2. The summed E-state index contributed by atoms with van der Waals surface area (Å²) in [6.45, 7) is 2.38. The van der Waals surface area contributed by atoms with Crippen molar-refractivity contribution in [2.45, 2.75) is 18.7 Å². The van der Waals surface area contributed by atoms with Gasteiger partial charge in [0, 0.05) is 12.7 Å². The van der Waals surface area contributed by atoms with E-state index in [0.29, 0.717) is 23.3 Å². The molecule has 0 fully saturated rings. The second kappa shape index (κ2) is 9.53. The Kier molecular flexibility index (Phi) is 6.37. The topological polar surface area (TPSA) is 82.2 Å². The number of furan rings is 1. The Bertz CT molecular complexity index is 1150. The van der Waals surface area contributed by atoms with Crippen LogP contribution in [0.5, 0.6) is 5.75 Å². The van der Waals surface area contributed by atoms with Crippen molar-refractivity contribution in [3.8, 4) is 17.1 Å². The van der Waals surface area contributed by atoms with E-state index in [0.717, 1.165) is 22.6 Å². The van der Waals surface area contributed by atoms with Crippen molar-refractivity contribution in [2.24, 2.45) is 7.05 Å². The van der Waals surface area contributed by atoms with E-state index in [1.54, 1.807) is 6.26 Å². The van der Waals surface area contributed by atoms with Gasteiger partial charge in [0.05, 0.1) is 17.6 Å². The maximum atomic E-state index is 12.3. The van der Waals surface area contributed by atoms with Crippen LogP contribution in [0.3, 0.4) is 0 Å². The summed E-state index contributed by atoms with van der Waals surface area (Å²) in [5.41, 5.74) is 2.71. The number of aryl methyl sites for hydroxylation is 1. The third-order valence-electron chi connectivity index (χ3n) is 4.65. The molecule has 0 saturated carbocycles. The van der Waals surface area contributed by atoms with Gasteiger partial charge in [0.2, 0.25) is 5.91 Å². The fourth-order valence-corrected chi connectivity index (χ4v) is 3.71. The number of benzene rings is 2. The van der Waals surface area contributed by atoms with Crippen molar-refractivity contribution in [3.05, 3.63) is 78.3 Å². The third-order valence-corrected chi connectivity index (χ3v) is 5.67. The molecule has 4 aromatic rings. The number of ether oxygens (including phenoxy) is 1. The number of carbonyl (C=O) groups is 1. The summed E-state index contributed by atoms with van der Waals surface area (Å²) in [6.07, 6.45) is 1.62. The van der Waals surface area contributed by atoms with Gasteiger partial charge >= 0.3 is 0 Å². The first-order valence-corrected chi connectivity index (χ1v) is 10.7. The Morgan fingerprint density at radius 3 is 2.58 bits per heavy atom. The lowest BCUT2D eigenvalue weighted by molar-refractivity contribution is -0.113. The van der Waals surface area contributed by atoms with Gasteiger partial charge < -0.3 is 19.0 Å². The van der Waals surface area contributed by atoms with Crippen LogP contribution in [-0.2, 0) is 18.4 Å². The summed E-state index contributed by atoms with van der Waals surface area (Å²) in [6, 6.07) is 19.2. The van der Waals surface area contributed by atoms with E-state index < -0.39 is 0 Å². The van der Waals surface area contributed by atoms with Crippen LogP contribution < -0.4 is 10.1 Å². The first-order valence-electron chi connectivity index (χ1n) is 9.73. The lowest BCUT2D eigenvalue weighted by Gasteiger charge is -2.08. The highest BCUT2D eigenvalue weighted by molar-refractivity contribution is 7.99. The van der Waals surface area contributed by atoms with Gasteiger partial charge in [-0.15, -0.1) is 10.2 Å². The Balaban J connectivity index is 1.28. The van der Waals surface area contributed by atoms with Gasteiger partial charge in [-0.1, -0.05) is 42.1 Å². The minimum absolute atomic E-state index is 0.119. The Morgan fingerprint density at radius 1 is 1.10 bits per heavy atom. The molecule has 31 heavy (non-hydrogen) atoms. The smallest absolute Gasteiger partial charge is 0.234 e. The number of aromatic nitrogens is 3. The van der Waals surface area contributed by atoms with Crippen LogP contribution in [0.4, 0.5) is 5.69 Å². The zero-order valence-electron chi connectivity index (χ0n) is 17.2. The molecule has 2 aromatic heterocycles. The molecule has 0 radical (unpaired) electrons. The van der Waals surface area contributed by atoms with Gasteiger partial charge in [-0.25, -0.2) is 0 Å². The predicted molar refractivity (Wildman–Crippen MR) is 120 cm³/mol. The average molecular weight is 435 g/mol. The normalized spacial score (nSPS) is 10.8.